The third-order valence-electron chi connectivity index (χ3n) is 6.73. The molecule has 0 saturated carbocycles. The fourth-order valence-corrected chi connectivity index (χ4v) is 5.71. The molecule has 2 aliphatic heterocycles. The predicted molar refractivity (Wildman–Crippen MR) is 135 cm³/mol. The van der Waals surface area contributed by atoms with Crippen molar-refractivity contribution >= 4 is 27.7 Å². The maximum atomic E-state index is 13.5. The third kappa shape index (κ3) is 4.61. The number of hydrogen-bond acceptors (Lipinski definition) is 6. The number of dihydropyridines is 1. The Morgan fingerprint density at radius 1 is 1.14 bits per heavy atom. The molecular weight excluding hydrogens is 510 g/mol. The van der Waals surface area contributed by atoms with E-state index < -0.39 is 11.9 Å². The van der Waals surface area contributed by atoms with Crippen molar-refractivity contribution < 1.29 is 23.8 Å². The Labute approximate surface area is 213 Å². The second-order valence-electron chi connectivity index (χ2n) is 10.0. The average molecular weight is 538 g/mol. The minimum Gasteiger partial charge on any atom is -0.462 e. The fraction of sp³-hybridized carbons (Fsp3) is 0.357. The van der Waals surface area contributed by atoms with Crippen LogP contribution in [-0.4, -0.2) is 25.2 Å². The molecule has 0 spiro atoms. The van der Waals surface area contributed by atoms with Crippen LogP contribution in [0.15, 0.2) is 69.5 Å². The molecule has 0 aromatic heterocycles. The molecule has 0 saturated heterocycles. The first-order chi connectivity index (χ1) is 16.7. The summed E-state index contributed by atoms with van der Waals surface area (Å²) in [5.41, 5.74) is 4.37. The van der Waals surface area contributed by atoms with E-state index in [9.17, 15) is 9.59 Å². The van der Waals surface area contributed by atoms with E-state index in [1.807, 2.05) is 49.4 Å². The van der Waals surface area contributed by atoms with E-state index >= 15 is 0 Å². The number of rotatable bonds is 5. The van der Waals surface area contributed by atoms with Crippen LogP contribution in [-0.2, 0) is 20.7 Å². The first kappa shape index (κ1) is 23.7. The van der Waals surface area contributed by atoms with Gasteiger partial charge in [0.2, 0.25) is 6.79 Å². The number of halogens is 1. The van der Waals surface area contributed by atoms with E-state index in [0.29, 0.717) is 41.2 Å². The van der Waals surface area contributed by atoms with Crippen molar-refractivity contribution in [2.75, 3.05) is 13.4 Å². The number of hydrogen-bond donors (Lipinski definition) is 1. The summed E-state index contributed by atoms with van der Waals surface area (Å²) in [6, 6.07) is 13.6. The van der Waals surface area contributed by atoms with Gasteiger partial charge in [0.25, 0.3) is 0 Å². The summed E-state index contributed by atoms with van der Waals surface area (Å²) in [6.07, 6.45) is 1.76. The second-order valence-corrected chi connectivity index (χ2v) is 10.9. The summed E-state index contributed by atoms with van der Waals surface area (Å²) >= 11 is 3.66. The average Bonchev–Trinajstić information content (AvgIpc) is 3.24. The van der Waals surface area contributed by atoms with Gasteiger partial charge in [0.1, 0.15) is 0 Å². The van der Waals surface area contributed by atoms with E-state index in [1.54, 1.807) is 0 Å². The number of ether oxygens (including phenoxy) is 3. The van der Waals surface area contributed by atoms with E-state index in [1.165, 1.54) is 0 Å². The molecule has 7 heteroatoms. The lowest BCUT2D eigenvalue weighted by atomic mass is 9.68. The minimum atomic E-state index is -0.567. The number of fused-ring (bicyclic) bond motifs is 1. The zero-order valence-electron chi connectivity index (χ0n) is 20.1. The van der Waals surface area contributed by atoms with Gasteiger partial charge in [0.15, 0.2) is 17.3 Å². The highest BCUT2D eigenvalue weighted by Crippen LogP contribution is 2.50. The van der Waals surface area contributed by atoms with Crippen molar-refractivity contribution in [3.8, 4) is 11.5 Å². The van der Waals surface area contributed by atoms with E-state index in [-0.39, 0.29) is 24.6 Å². The van der Waals surface area contributed by atoms with Crippen LogP contribution in [0.2, 0.25) is 0 Å². The highest BCUT2D eigenvalue weighted by Gasteiger charge is 2.44. The first-order valence-electron chi connectivity index (χ1n) is 11.8. The summed E-state index contributed by atoms with van der Waals surface area (Å²) in [7, 11) is 0. The van der Waals surface area contributed by atoms with Gasteiger partial charge >= 0.3 is 5.97 Å². The van der Waals surface area contributed by atoms with Crippen molar-refractivity contribution in [1.29, 1.82) is 0 Å². The number of ketones is 1. The van der Waals surface area contributed by atoms with Gasteiger partial charge in [-0.3, -0.25) is 4.79 Å². The smallest absolute Gasteiger partial charge is 0.336 e. The van der Waals surface area contributed by atoms with Crippen molar-refractivity contribution in [2.24, 2.45) is 5.41 Å². The van der Waals surface area contributed by atoms with E-state index in [0.717, 1.165) is 27.7 Å². The summed E-state index contributed by atoms with van der Waals surface area (Å²) in [6.45, 7) is 6.45. The molecule has 182 valence electrons. The molecular formula is C28H28BrNO5. The third-order valence-corrected chi connectivity index (χ3v) is 7.42. The second kappa shape index (κ2) is 9.19. The Morgan fingerprint density at radius 3 is 2.60 bits per heavy atom. The predicted octanol–water partition coefficient (Wildman–Crippen LogP) is 5.57. The van der Waals surface area contributed by atoms with Crippen LogP contribution < -0.4 is 14.8 Å². The van der Waals surface area contributed by atoms with Crippen LogP contribution in [0, 0.1) is 5.41 Å². The van der Waals surface area contributed by atoms with Crippen molar-refractivity contribution in [2.45, 2.75) is 46.0 Å². The zero-order chi connectivity index (χ0) is 24.7. The topological polar surface area (TPSA) is 73.9 Å². The maximum absolute atomic E-state index is 13.5. The summed E-state index contributed by atoms with van der Waals surface area (Å²) < 4.78 is 17.7. The normalized spacial score (nSPS) is 20.5. The molecule has 0 unspecified atom stereocenters. The minimum absolute atomic E-state index is 0.0420. The Bertz CT molecular complexity index is 1260. The van der Waals surface area contributed by atoms with Gasteiger partial charge in [-0.1, -0.05) is 60.1 Å². The number of carbonyl (C=O) groups is 2. The number of esters is 1. The number of Topliss-reactive ketones (excluding diaryl/α,β-unsaturated/α-hetero) is 1. The van der Waals surface area contributed by atoms with Gasteiger partial charge in [0, 0.05) is 40.2 Å². The maximum Gasteiger partial charge on any atom is 0.336 e. The van der Waals surface area contributed by atoms with Crippen LogP contribution in [0.3, 0.4) is 0 Å². The quantitative estimate of drug-likeness (QED) is 0.502. The molecule has 1 atom stereocenters. The van der Waals surface area contributed by atoms with Gasteiger partial charge in [-0.05, 0) is 42.0 Å². The fourth-order valence-electron chi connectivity index (χ4n) is 5.16. The van der Waals surface area contributed by atoms with Crippen LogP contribution in [0.25, 0.3) is 0 Å². The number of nitrogens with one attached hydrogen (secondary N) is 1. The van der Waals surface area contributed by atoms with Crippen LogP contribution in [0.5, 0.6) is 11.5 Å². The van der Waals surface area contributed by atoms with Gasteiger partial charge in [-0.2, -0.15) is 0 Å². The molecule has 0 bridgehead atoms. The van der Waals surface area contributed by atoms with E-state index in [4.69, 9.17) is 14.2 Å². The summed E-state index contributed by atoms with van der Waals surface area (Å²) in [5, 5.41) is 3.38. The Hall–Kier alpha value is -3.06. The number of benzene rings is 2. The molecule has 5 rings (SSSR count). The van der Waals surface area contributed by atoms with Crippen molar-refractivity contribution in [3.63, 3.8) is 0 Å². The van der Waals surface area contributed by atoms with E-state index in [2.05, 4.69) is 35.1 Å². The summed E-state index contributed by atoms with van der Waals surface area (Å²) in [5.74, 6) is 0.280. The van der Waals surface area contributed by atoms with Crippen LogP contribution >= 0.6 is 15.9 Å². The van der Waals surface area contributed by atoms with Crippen molar-refractivity contribution in [1.82, 2.24) is 5.32 Å². The molecule has 35 heavy (non-hydrogen) atoms. The zero-order valence-corrected chi connectivity index (χ0v) is 21.7. The molecule has 2 heterocycles. The highest BCUT2D eigenvalue weighted by atomic mass is 79.9. The SMILES string of the molecule is CC1=C(C(=O)OCCc2ccccc2)[C@@H](c2cc3c(cc2Br)OCO3)C2=C(CC(C)(C)CC2=O)N1. The molecule has 3 aliphatic rings. The molecule has 1 aliphatic carbocycles. The van der Waals surface area contributed by atoms with Crippen LogP contribution in [0.4, 0.5) is 0 Å². The Kier molecular flexibility index (Phi) is 6.21. The van der Waals surface area contributed by atoms with Gasteiger partial charge in [-0.15, -0.1) is 0 Å². The van der Waals surface area contributed by atoms with Crippen molar-refractivity contribution in [3.05, 3.63) is 80.6 Å². The molecule has 0 amide bonds. The Morgan fingerprint density at radius 2 is 1.86 bits per heavy atom. The molecule has 1 N–H and O–H groups in total. The summed E-state index contributed by atoms with van der Waals surface area (Å²) in [4.78, 5) is 27.0. The molecule has 0 radical (unpaired) electrons. The molecule has 2 aromatic rings. The Balaban J connectivity index is 1.53. The lowest BCUT2D eigenvalue weighted by Crippen LogP contribution is -2.38. The van der Waals surface area contributed by atoms with Gasteiger partial charge in [0.05, 0.1) is 12.2 Å². The lowest BCUT2D eigenvalue weighted by Gasteiger charge is -2.39. The lowest BCUT2D eigenvalue weighted by molar-refractivity contribution is -0.139. The van der Waals surface area contributed by atoms with Gasteiger partial charge < -0.3 is 19.5 Å². The first-order valence-corrected chi connectivity index (χ1v) is 12.6. The van der Waals surface area contributed by atoms with Gasteiger partial charge in [-0.25, -0.2) is 4.79 Å². The molecule has 0 fully saturated rings. The molecule has 2 aromatic carbocycles. The molecule has 6 nitrogen and oxygen atoms in total. The number of carbonyl (C=O) groups excluding carboxylic acids is 2. The standard InChI is InChI=1S/C28H28BrNO5/c1-16-24(27(32)33-10-9-17-7-5-4-6-8-17)25(18-11-22-23(12-19(18)29)35-15-34-22)26-20(30-16)13-28(2,3)14-21(26)31/h4-8,11-12,25,30H,9-10,13-15H2,1-3H3/t25-/m1/s1. The number of allylic oxidation sites excluding steroid dienone is 3. The highest BCUT2D eigenvalue weighted by molar-refractivity contribution is 9.10. The van der Waals surface area contributed by atoms with Crippen LogP contribution in [0.1, 0.15) is 50.7 Å². The largest absolute Gasteiger partial charge is 0.462 e. The monoisotopic (exact) mass is 537 g/mol.